The molecule has 0 atom stereocenters. The molecule has 1 heterocycles. The van der Waals surface area contributed by atoms with Gasteiger partial charge in [-0.25, -0.2) is 9.97 Å². The van der Waals surface area contributed by atoms with E-state index in [0.717, 1.165) is 0 Å². The fourth-order valence-electron chi connectivity index (χ4n) is 0.861. The highest BCUT2D eigenvalue weighted by atomic mass is 35.5. The first-order chi connectivity index (χ1) is 7.44. The van der Waals surface area contributed by atoms with E-state index in [1.807, 2.05) is 0 Å². The van der Waals surface area contributed by atoms with Crippen molar-refractivity contribution < 1.29 is 4.79 Å². The summed E-state index contributed by atoms with van der Waals surface area (Å²) in [6.07, 6.45) is 2.59. The molecular weight excluding hydrogens is 228 g/mol. The van der Waals surface area contributed by atoms with Crippen molar-refractivity contribution >= 4 is 17.5 Å². The standard InChI is InChI=1S/C10H11ClN4O/c1-10(2,5-12)6-15-9(16)7-3-14-8(11)4-13-7/h3-4H,6H2,1-2H3,(H,15,16). The number of nitrogens with one attached hydrogen (secondary N) is 1. The summed E-state index contributed by atoms with van der Waals surface area (Å²) in [5.74, 6) is -0.368. The lowest BCUT2D eigenvalue weighted by Gasteiger charge is -2.15. The molecule has 0 aliphatic heterocycles. The molecule has 0 fully saturated rings. The third-order valence-corrected chi connectivity index (χ3v) is 2.04. The van der Waals surface area contributed by atoms with Gasteiger partial charge in [-0.05, 0) is 13.8 Å². The SMILES string of the molecule is CC(C)(C#N)CNC(=O)c1cnc(Cl)cn1. The number of rotatable bonds is 3. The molecule has 5 nitrogen and oxygen atoms in total. The van der Waals surface area contributed by atoms with Crippen molar-refractivity contribution in [2.45, 2.75) is 13.8 Å². The molecule has 16 heavy (non-hydrogen) atoms. The van der Waals surface area contributed by atoms with Gasteiger partial charge in [-0.1, -0.05) is 11.6 Å². The van der Waals surface area contributed by atoms with Gasteiger partial charge in [-0.15, -0.1) is 0 Å². The Bertz CT molecular complexity index is 421. The lowest BCUT2D eigenvalue weighted by molar-refractivity contribution is 0.0938. The molecule has 6 heteroatoms. The van der Waals surface area contributed by atoms with E-state index < -0.39 is 5.41 Å². The zero-order valence-electron chi connectivity index (χ0n) is 8.99. The molecule has 0 spiro atoms. The van der Waals surface area contributed by atoms with Crippen molar-refractivity contribution in [3.05, 3.63) is 23.2 Å². The van der Waals surface area contributed by atoms with Crippen LogP contribution in [0.3, 0.4) is 0 Å². The van der Waals surface area contributed by atoms with Gasteiger partial charge in [0.25, 0.3) is 5.91 Å². The zero-order valence-corrected chi connectivity index (χ0v) is 9.75. The Kier molecular flexibility index (Phi) is 3.80. The molecule has 1 N–H and O–H groups in total. The molecule has 84 valence electrons. The van der Waals surface area contributed by atoms with Crippen LogP contribution in [0.4, 0.5) is 0 Å². The maximum atomic E-state index is 11.6. The van der Waals surface area contributed by atoms with Crippen LogP contribution < -0.4 is 5.32 Å². The van der Waals surface area contributed by atoms with Crippen LogP contribution in [0.2, 0.25) is 5.15 Å². The third kappa shape index (κ3) is 3.48. The minimum atomic E-state index is -0.602. The van der Waals surface area contributed by atoms with Gasteiger partial charge in [0.15, 0.2) is 0 Å². The summed E-state index contributed by atoms with van der Waals surface area (Å²) in [5, 5.41) is 11.6. The second kappa shape index (κ2) is 4.90. The van der Waals surface area contributed by atoms with Gasteiger partial charge in [0.05, 0.1) is 23.9 Å². The van der Waals surface area contributed by atoms with Crippen molar-refractivity contribution in [3.8, 4) is 6.07 Å². The molecule has 0 bridgehead atoms. The summed E-state index contributed by atoms with van der Waals surface area (Å²) in [7, 11) is 0. The molecule has 0 aliphatic rings. The monoisotopic (exact) mass is 238 g/mol. The van der Waals surface area contributed by atoms with E-state index >= 15 is 0 Å². The molecule has 1 aromatic rings. The minimum Gasteiger partial charge on any atom is -0.349 e. The van der Waals surface area contributed by atoms with Crippen LogP contribution in [0.5, 0.6) is 0 Å². The molecule has 0 saturated carbocycles. The lowest BCUT2D eigenvalue weighted by Crippen LogP contribution is -2.33. The van der Waals surface area contributed by atoms with E-state index in [0.29, 0.717) is 0 Å². The molecule has 0 saturated heterocycles. The smallest absolute Gasteiger partial charge is 0.271 e. The van der Waals surface area contributed by atoms with Gasteiger partial charge in [-0.3, -0.25) is 4.79 Å². The Hall–Kier alpha value is -1.67. The van der Waals surface area contributed by atoms with Crippen LogP contribution in [0.15, 0.2) is 12.4 Å². The largest absolute Gasteiger partial charge is 0.349 e. The first-order valence-corrected chi connectivity index (χ1v) is 4.99. The molecular formula is C10H11ClN4O. The number of nitriles is 1. The summed E-state index contributed by atoms with van der Waals surface area (Å²) < 4.78 is 0. The maximum Gasteiger partial charge on any atom is 0.271 e. The highest BCUT2D eigenvalue weighted by Crippen LogP contribution is 2.10. The van der Waals surface area contributed by atoms with E-state index in [4.69, 9.17) is 16.9 Å². The number of hydrogen-bond acceptors (Lipinski definition) is 4. The molecule has 1 aromatic heterocycles. The van der Waals surface area contributed by atoms with Gasteiger partial charge < -0.3 is 5.32 Å². The highest BCUT2D eigenvalue weighted by molar-refractivity contribution is 6.29. The fourth-order valence-corrected chi connectivity index (χ4v) is 0.958. The summed E-state index contributed by atoms with van der Waals surface area (Å²) >= 11 is 5.54. The normalized spacial score (nSPS) is 10.6. The summed E-state index contributed by atoms with van der Waals surface area (Å²) in [5.41, 5.74) is -0.423. The van der Waals surface area contributed by atoms with Crippen molar-refractivity contribution in [2.24, 2.45) is 5.41 Å². The van der Waals surface area contributed by atoms with Crippen molar-refractivity contribution in [3.63, 3.8) is 0 Å². The predicted octanol–water partition coefficient (Wildman–Crippen LogP) is 1.41. The Balaban J connectivity index is 2.61. The number of halogens is 1. The van der Waals surface area contributed by atoms with E-state index in [1.54, 1.807) is 13.8 Å². The Labute approximate surface area is 98.5 Å². The molecule has 1 rings (SSSR count). The summed E-state index contributed by atoms with van der Waals surface area (Å²) in [6, 6.07) is 2.09. The molecule has 0 aromatic carbocycles. The Morgan fingerprint density at radius 2 is 2.25 bits per heavy atom. The number of carbonyl (C=O) groups is 1. The molecule has 1 amide bonds. The quantitative estimate of drug-likeness (QED) is 0.864. The maximum absolute atomic E-state index is 11.6. The number of aromatic nitrogens is 2. The van der Waals surface area contributed by atoms with Crippen LogP contribution in [-0.4, -0.2) is 22.4 Å². The van der Waals surface area contributed by atoms with Crippen LogP contribution in [0.1, 0.15) is 24.3 Å². The molecule has 0 aliphatic carbocycles. The van der Waals surface area contributed by atoms with Crippen molar-refractivity contribution in [1.29, 1.82) is 5.26 Å². The summed E-state index contributed by atoms with van der Waals surface area (Å²) in [4.78, 5) is 19.1. The van der Waals surface area contributed by atoms with Crippen LogP contribution in [-0.2, 0) is 0 Å². The molecule has 0 radical (unpaired) electrons. The Morgan fingerprint density at radius 3 is 2.75 bits per heavy atom. The van der Waals surface area contributed by atoms with E-state index in [9.17, 15) is 4.79 Å². The van der Waals surface area contributed by atoms with Gasteiger partial charge in [0.2, 0.25) is 0 Å². The average molecular weight is 239 g/mol. The first-order valence-electron chi connectivity index (χ1n) is 4.61. The van der Waals surface area contributed by atoms with Crippen LogP contribution in [0.25, 0.3) is 0 Å². The number of nitrogens with zero attached hydrogens (tertiary/aromatic N) is 3. The summed E-state index contributed by atoms with van der Waals surface area (Å²) in [6.45, 7) is 3.73. The third-order valence-electron chi connectivity index (χ3n) is 1.85. The van der Waals surface area contributed by atoms with Gasteiger partial charge >= 0.3 is 0 Å². The average Bonchev–Trinajstić information content (AvgIpc) is 2.27. The highest BCUT2D eigenvalue weighted by Gasteiger charge is 2.18. The van der Waals surface area contributed by atoms with Crippen molar-refractivity contribution in [1.82, 2.24) is 15.3 Å². The molecule has 0 unspecified atom stereocenters. The number of carbonyl (C=O) groups excluding carboxylic acids is 1. The van der Waals surface area contributed by atoms with E-state index in [2.05, 4.69) is 21.4 Å². The van der Waals surface area contributed by atoms with Crippen LogP contribution in [0, 0.1) is 16.7 Å². The number of amides is 1. The van der Waals surface area contributed by atoms with Crippen LogP contribution >= 0.6 is 11.6 Å². The first kappa shape index (κ1) is 12.4. The minimum absolute atomic E-state index is 0.179. The van der Waals surface area contributed by atoms with Gasteiger partial charge in [0.1, 0.15) is 10.8 Å². The topological polar surface area (TPSA) is 78.7 Å². The fraction of sp³-hybridized carbons (Fsp3) is 0.400. The lowest BCUT2D eigenvalue weighted by atomic mass is 9.96. The van der Waals surface area contributed by atoms with E-state index in [1.165, 1.54) is 12.4 Å². The van der Waals surface area contributed by atoms with Gasteiger partial charge in [-0.2, -0.15) is 5.26 Å². The Morgan fingerprint density at radius 1 is 1.56 bits per heavy atom. The number of hydrogen-bond donors (Lipinski definition) is 1. The predicted molar refractivity (Wildman–Crippen MR) is 58.8 cm³/mol. The zero-order chi connectivity index (χ0) is 12.2. The second-order valence-electron chi connectivity index (χ2n) is 3.90. The second-order valence-corrected chi connectivity index (χ2v) is 4.29. The van der Waals surface area contributed by atoms with E-state index in [-0.39, 0.29) is 23.3 Å². The van der Waals surface area contributed by atoms with Crippen molar-refractivity contribution in [2.75, 3.05) is 6.54 Å². The van der Waals surface area contributed by atoms with Gasteiger partial charge in [0, 0.05) is 6.54 Å².